The number of carbonyl (C=O) groups excluding carboxylic acids is 2. The number of pyridine rings is 1. The number of aliphatic hydroxyl groups is 1. The summed E-state index contributed by atoms with van der Waals surface area (Å²) in [6, 6.07) is 15.7. The molecule has 2 aromatic carbocycles. The molecule has 1 saturated heterocycles. The SMILES string of the molecule is O=C1C(=O)N(c2cccc(Cl)c2)C(c2ccccn2)/C1=C(/O)c1ccc2c(c1)OCO2. The number of anilines is 1. The molecular formula is C23H15ClN2O5. The van der Waals surface area contributed by atoms with E-state index in [0.717, 1.165) is 0 Å². The molecule has 31 heavy (non-hydrogen) atoms. The molecule has 0 saturated carbocycles. The largest absolute Gasteiger partial charge is 0.507 e. The number of ketones is 1. The molecule has 0 radical (unpaired) electrons. The summed E-state index contributed by atoms with van der Waals surface area (Å²) < 4.78 is 10.7. The van der Waals surface area contributed by atoms with Crippen LogP contribution in [-0.4, -0.2) is 28.6 Å². The van der Waals surface area contributed by atoms with Crippen LogP contribution >= 0.6 is 11.6 Å². The highest BCUT2D eigenvalue weighted by Crippen LogP contribution is 2.43. The number of hydrogen-bond acceptors (Lipinski definition) is 6. The van der Waals surface area contributed by atoms with Gasteiger partial charge in [-0.3, -0.25) is 19.5 Å². The fraction of sp³-hybridized carbons (Fsp3) is 0.0870. The van der Waals surface area contributed by atoms with Gasteiger partial charge in [-0.05, 0) is 48.5 Å². The molecule has 3 aromatic rings. The van der Waals surface area contributed by atoms with Crippen molar-refractivity contribution in [3.8, 4) is 11.5 Å². The topological polar surface area (TPSA) is 89.0 Å². The lowest BCUT2D eigenvalue weighted by Crippen LogP contribution is -2.29. The molecule has 3 heterocycles. The van der Waals surface area contributed by atoms with Gasteiger partial charge in [-0.15, -0.1) is 0 Å². The average molecular weight is 435 g/mol. The molecule has 0 bridgehead atoms. The number of rotatable bonds is 3. The van der Waals surface area contributed by atoms with Crippen molar-refractivity contribution in [3.05, 3.63) is 88.7 Å². The third kappa shape index (κ3) is 3.19. The predicted octanol–water partition coefficient (Wildman–Crippen LogP) is 4.09. The first-order valence-corrected chi connectivity index (χ1v) is 9.80. The van der Waals surface area contributed by atoms with Gasteiger partial charge in [0.2, 0.25) is 6.79 Å². The molecule has 154 valence electrons. The first-order chi connectivity index (χ1) is 15.0. The average Bonchev–Trinajstić information content (AvgIpc) is 3.36. The Morgan fingerprint density at radius 1 is 1.03 bits per heavy atom. The highest BCUT2D eigenvalue weighted by molar-refractivity contribution is 6.51. The molecule has 1 amide bonds. The monoisotopic (exact) mass is 434 g/mol. The van der Waals surface area contributed by atoms with E-state index in [4.69, 9.17) is 21.1 Å². The molecule has 1 unspecified atom stereocenters. The van der Waals surface area contributed by atoms with Crippen LogP contribution in [0.15, 0.2) is 72.4 Å². The third-order valence-electron chi connectivity index (χ3n) is 5.14. The van der Waals surface area contributed by atoms with Gasteiger partial charge >= 0.3 is 0 Å². The highest BCUT2D eigenvalue weighted by Gasteiger charge is 2.47. The maximum atomic E-state index is 13.1. The molecule has 2 aliphatic rings. The molecule has 1 fully saturated rings. The van der Waals surface area contributed by atoms with Gasteiger partial charge in [-0.2, -0.15) is 0 Å². The molecule has 8 heteroatoms. The Balaban J connectivity index is 1.70. The van der Waals surface area contributed by atoms with Gasteiger partial charge in [0, 0.05) is 22.5 Å². The summed E-state index contributed by atoms with van der Waals surface area (Å²) in [5.74, 6) is -0.928. The third-order valence-corrected chi connectivity index (χ3v) is 5.38. The van der Waals surface area contributed by atoms with Gasteiger partial charge in [0.05, 0.1) is 11.3 Å². The second kappa shape index (κ2) is 7.45. The maximum Gasteiger partial charge on any atom is 0.300 e. The van der Waals surface area contributed by atoms with Crippen LogP contribution in [0.5, 0.6) is 11.5 Å². The van der Waals surface area contributed by atoms with Crippen LogP contribution in [-0.2, 0) is 9.59 Å². The van der Waals surface area contributed by atoms with E-state index < -0.39 is 17.7 Å². The quantitative estimate of drug-likeness (QED) is 0.379. The first kappa shape index (κ1) is 19.1. The normalized spacial score (nSPS) is 19.1. The molecule has 0 spiro atoms. The fourth-order valence-corrected chi connectivity index (χ4v) is 3.93. The lowest BCUT2D eigenvalue weighted by Gasteiger charge is -2.24. The Morgan fingerprint density at radius 2 is 1.87 bits per heavy atom. The molecule has 2 aliphatic heterocycles. The molecule has 7 nitrogen and oxygen atoms in total. The van der Waals surface area contributed by atoms with Crippen molar-refractivity contribution in [2.75, 3.05) is 11.7 Å². The van der Waals surface area contributed by atoms with E-state index in [1.807, 2.05) is 0 Å². The van der Waals surface area contributed by atoms with Crippen molar-refractivity contribution in [2.24, 2.45) is 0 Å². The van der Waals surface area contributed by atoms with Crippen LogP contribution in [0.2, 0.25) is 5.02 Å². The number of fused-ring (bicyclic) bond motifs is 1. The van der Waals surface area contributed by atoms with Crippen molar-refractivity contribution in [1.29, 1.82) is 0 Å². The molecule has 1 N–H and O–H groups in total. The van der Waals surface area contributed by atoms with Gasteiger partial charge in [-0.1, -0.05) is 23.7 Å². The number of nitrogens with zero attached hydrogens (tertiary/aromatic N) is 2. The van der Waals surface area contributed by atoms with E-state index in [2.05, 4.69) is 4.98 Å². The standard InChI is InChI=1S/C23H15ClN2O5/c24-14-4-3-5-15(11-14)26-20(16-6-1-2-9-25-16)19(22(28)23(26)29)21(27)13-7-8-17-18(10-13)31-12-30-17/h1-11,20,27H,12H2/b21-19-. The van der Waals surface area contributed by atoms with Crippen LogP contribution in [0.1, 0.15) is 17.3 Å². The summed E-state index contributed by atoms with van der Waals surface area (Å²) in [5.41, 5.74) is 1.12. The minimum Gasteiger partial charge on any atom is -0.507 e. The van der Waals surface area contributed by atoms with E-state index in [0.29, 0.717) is 33.5 Å². The molecular weight excluding hydrogens is 420 g/mol. The summed E-state index contributed by atoms with van der Waals surface area (Å²) in [6.45, 7) is 0.0760. The maximum absolute atomic E-state index is 13.1. The Hall–Kier alpha value is -3.84. The zero-order valence-electron chi connectivity index (χ0n) is 16.0. The number of benzene rings is 2. The van der Waals surface area contributed by atoms with E-state index in [9.17, 15) is 14.7 Å². The molecule has 1 aromatic heterocycles. The Labute approximate surface area is 182 Å². The van der Waals surface area contributed by atoms with E-state index in [1.165, 1.54) is 4.90 Å². The van der Waals surface area contributed by atoms with Crippen molar-refractivity contribution in [1.82, 2.24) is 4.98 Å². The van der Waals surface area contributed by atoms with Crippen LogP contribution < -0.4 is 14.4 Å². The summed E-state index contributed by atoms with van der Waals surface area (Å²) in [4.78, 5) is 31.8. The number of carbonyl (C=O) groups is 2. The molecule has 0 aliphatic carbocycles. The van der Waals surface area contributed by atoms with Crippen LogP contribution in [0, 0.1) is 0 Å². The second-order valence-electron chi connectivity index (χ2n) is 6.97. The second-order valence-corrected chi connectivity index (χ2v) is 7.41. The van der Waals surface area contributed by atoms with Crippen LogP contribution in [0.3, 0.4) is 0 Å². The van der Waals surface area contributed by atoms with Crippen LogP contribution in [0.4, 0.5) is 5.69 Å². The number of aromatic nitrogens is 1. The smallest absolute Gasteiger partial charge is 0.300 e. The van der Waals surface area contributed by atoms with E-state index in [-0.39, 0.29) is 18.1 Å². The zero-order chi connectivity index (χ0) is 21.5. The number of hydrogen-bond donors (Lipinski definition) is 1. The van der Waals surface area contributed by atoms with Gasteiger partial charge in [0.25, 0.3) is 11.7 Å². The number of halogens is 1. The van der Waals surface area contributed by atoms with E-state index in [1.54, 1.807) is 66.9 Å². The van der Waals surface area contributed by atoms with Gasteiger partial charge in [0.1, 0.15) is 11.8 Å². The summed E-state index contributed by atoms with van der Waals surface area (Å²) >= 11 is 6.12. The molecule has 5 rings (SSSR count). The minimum atomic E-state index is -0.926. The number of ether oxygens (including phenoxy) is 2. The summed E-state index contributed by atoms with van der Waals surface area (Å²) in [6.07, 6.45) is 1.56. The van der Waals surface area contributed by atoms with Crippen LogP contribution in [0.25, 0.3) is 5.76 Å². The molecule has 1 atom stereocenters. The van der Waals surface area contributed by atoms with Crippen molar-refractivity contribution in [3.63, 3.8) is 0 Å². The number of aliphatic hydroxyl groups excluding tert-OH is 1. The van der Waals surface area contributed by atoms with Gasteiger partial charge in [-0.25, -0.2) is 0 Å². The van der Waals surface area contributed by atoms with Crippen molar-refractivity contribution >= 4 is 34.7 Å². The Kier molecular flexibility index (Phi) is 4.60. The predicted molar refractivity (Wildman–Crippen MR) is 113 cm³/mol. The van der Waals surface area contributed by atoms with Gasteiger partial charge < -0.3 is 14.6 Å². The van der Waals surface area contributed by atoms with Crippen molar-refractivity contribution < 1.29 is 24.2 Å². The van der Waals surface area contributed by atoms with Crippen molar-refractivity contribution in [2.45, 2.75) is 6.04 Å². The first-order valence-electron chi connectivity index (χ1n) is 9.42. The highest BCUT2D eigenvalue weighted by atomic mass is 35.5. The lowest BCUT2D eigenvalue weighted by molar-refractivity contribution is -0.132. The Bertz CT molecular complexity index is 1240. The zero-order valence-corrected chi connectivity index (χ0v) is 16.7. The summed E-state index contributed by atoms with van der Waals surface area (Å²) in [7, 11) is 0. The van der Waals surface area contributed by atoms with Gasteiger partial charge in [0.15, 0.2) is 11.5 Å². The fourth-order valence-electron chi connectivity index (χ4n) is 3.74. The minimum absolute atomic E-state index is 0.0671. The summed E-state index contributed by atoms with van der Waals surface area (Å²) in [5, 5.41) is 11.5. The Morgan fingerprint density at radius 3 is 2.65 bits per heavy atom. The van der Waals surface area contributed by atoms with E-state index >= 15 is 0 Å². The lowest BCUT2D eigenvalue weighted by atomic mass is 9.98. The number of Topliss-reactive ketones (excluding diaryl/α,β-unsaturated/α-hetero) is 1. The number of amides is 1.